The first-order valence-corrected chi connectivity index (χ1v) is 7.74. The van der Waals surface area contributed by atoms with Gasteiger partial charge in [0.25, 0.3) is 0 Å². The summed E-state index contributed by atoms with van der Waals surface area (Å²) < 4.78 is 0. The topological polar surface area (TPSA) is 31.4 Å². The number of halogens is 1. The molecule has 5 heteroatoms. The molecule has 4 nitrogen and oxygen atoms in total. The van der Waals surface area contributed by atoms with Gasteiger partial charge < -0.3 is 10.2 Å². The molecule has 0 unspecified atom stereocenters. The highest BCUT2D eigenvalue weighted by atomic mass is 35.5. The molecule has 0 radical (unpaired) electrons. The quantitative estimate of drug-likeness (QED) is 0.903. The molecule has 0 aliphatic carbocycles. The summed E-state index contributed by atoms with van der Waals surface area (Å²) in [6, 6.07) is 2.11. The van der Waals surface area contributed by atoms with Crippen molar-refractivity contribution in [1.82, 2.24) is 15.2 Å². The fourth-order valence-electron chi connectivity index (χ4n) is 2.64. The van der Waals surface area contributed by atoms with Gasteiger partial charge in [-0.15, -0.1) is 0 Å². The molecule has 1 aromatic heterocycles. The molecular weight excluding hydrogens is 272 g/mol. The third-order valence-electron chi connectivity index (χ3n) is 3.61. The summed E-state index contributed by atoms with van der Waals surface area (Å²) in [5.41, 5.74) is 1.11. The zero-order chi connectivity index (χ0) is 14.5. The van der Waals surface area contributed by atoms with Crippen molar-refractivity contribution in [2.45, 2.75) is 20.4 Å². The minimum Gasteiger partial charge on any atom is -0.354 e. The minimum absolute atomic E-state index is 0.734. The highest BCUT2D eigenvalue weighted by molar-refractivity contribution is 6.31. The molecule has 0 saturated carbocycles. The number of nitrogens with zero attached hydrogens (tertiary/aromatic N) is 3. The highest BCUT2D eigenvalue weighted by Crippen LogP contribution is 2.21. The third-order valence-corrected chi connectivity index (χ3v) is 3.95. The van der Waals surface area contributed by atoms with E-state index in [0.29, 0.717) is 0 Å². The Labute approximate surface area is 127 Å². The Morgan fingerprint density at radius 3 is 2.60 bits per heavy atom. The van der Waals surface area contributed by atoms with E-state index in [-0.39, 0.29) is 0 Å². The second-order valence-corrected chi connectivity index (χ2v) is 6.25. The predicted octanol–water partition coefficient (Wildman–Crippen LogP) is 2.23. The van der Waals surface area contributed by atoms with Gasteiger partial charge in [-0.05, 0) is 24.6 Å². The van der Waals surface area contributed by atoms with Gasteiger partial charge in [0.2, 0.25) is 0 Å². The number of pyridine rings is 1. The van der Waals surface area contributed by atoms with Crippen LogP contribution in [0, 0.1) is 5.92 Å². The van der Waals surface area contributed by atoms with Crippen LogP contribution in [0.15, 0.2) is 12.3 Å². The molecule has 2 heterocycles. The molecule has 0 atom stereocenters. The lowest BCUT2D eigenvalue weighted by Gasteiger charge is -2.36. The van der Waals surface area contributed by atoms with E-state index in [1.165, 1.54) is 6.54 Å². The maximum atomic E-state index is 6.17. The molecule has 20 heavy (non-hydrogen) atoms. The van der Waals surface area contributed by atoms with Crippen LogP contribution in [0.4, 0.5) is 5.82 Å². The van der Waals surface area contributed by atoms with Gasteiger partial charge in [0.15, 0.2) is 0 Å². The summed E-state index contributed by atoms with van der Waals surface area (Å²) in [4.78, 5) is 9.37. The lowest BCUT2D eigenvalue weighted by molar-refractivity contribution is 0.231. The maximum Gasteiger partial charge on any atom is 0.128 e. The van der Waals surface area contributed by atoms with Crippen LogP contribution in [-0.2, 0) is 6.54 Å². The number of piperazine rings is 1. The van der Waals surface area contributed by atoms with Crippen LogP contribution >= 0.6 is 11.6 Å². The number of nitrogens with one attached hydrogen (secondary N) is 1. The van der Waals surface area contributed by atoms with Crippen molar-refractivity contribution in [2.75, 3.05) is 44.7 Å². The molecule has 1 aliphatic rings. The van der Waals surface area contributed by atoms with Gasteiger partial charge >= 0.3 is 0 Å². The van der Waals surface area contributed by atoms with Crippen molar-refractivity contribution in [2.24, 2.45) is 5.92 Å². The highest BCUT2D eigenvalue weighted by Gasteiger charge is 2.19. The zero-order valence-corrected chi connectivity index (χ0v) is 13.5. The second kappa shape index (κ2) is 7.25. The van der Waals surface area contributed by atoms with Crippen LogP contribution < -0.4 is 10.2 Å². The summed E-state index contributed by atoms with van der Waals surface area (Å²) in [5, 5.41) is 3.88. The normalized spacial score (nSPS) is 16.9. The van der Waals surface area contributed by atoms with Crippen molar-refractivity contribution in [3.05, 3.63) is 22.8 Å². The number of rotatable bonds is 5. The molecule has 0 bridgehead atoms. The van der Waals surface area contributed by atoms with Gasteiger partial charge in [-0.1, -0.05) is 25.4 Å². The van der Waals surface area contributed by atoms with E-state index in [1.807, 2.05) is 7.05 Å². The van der Waals surface area contributed by atoms with Crippen molar-refractivity contribution in [3.63, 3.8) is 0 Å². The average molecular weight is 297 g/mol. The van der Waals surface area contributed by atoms with Crippen LogP contribution in [-0.4, -0.2) is 49.7 Å². The van der Waals surface area contributed by atoms with Crippen LogP contribution in [0.1, 0.15) is 19.4 Å². The van der Waals surface area contributed by atoms with Gasteiger partial charge in [0.1, 0.15) is 5.82 Å². The molecule has 1 N–H and O–H groups in total. The SMILES string of the molecule is CNCc1cc(N2CCN(CC(C)C)CC2)ncc1Cl. The predicted molar refractivity (Wildman–Crippen MR) is 85.5 cm³/mol. The standard InChI is InChI=1S/C15H25ClN4/c1-12(2)11-19-4-6-20(7-5-19)15-8-13(9-17-3)14(16)10-18-15/h8,10,12,17H,4-7,9,11H2,1-3H3. The van der Waals surface area contributed by atoms with Gasteiger partial charge in [0, 0.05) is 45.5 Å². The molecule has 0 aromatic carbocycles. The van der Waals surface area contributed by atoms with Gasteiger partial charge in [0.05, 0.1) is 5.02 Å². The van der Waals surface area contributed by atoms with E-state index in [9.17, 15) is 0 Å². The van der Waals surface area contributed by atoms with E-state index in [2.05, 4.69) is 40.0 Å². The van der Waals surface area contributed by atoms with E-state index in [4.69, 9.17) is 11.6 Å². The second-order valence-electron chi connectivity index (χ2n) is 5.85. The smallest absolute Gasteiger partial charge is 0.128 e. The summed E-state index contributed by atoms with van der Waals surface area (Å²) in [6.45, 7) is 10.8. The Hall–Kier alpha value is -0.840. The first-order valence-electron chi connectivity index (χ1n) is 7.36. The minimum atomic E-state index is 0.734. The number of aromatic nitrogens is 1. The lowest BCUT2D eigenvalue weighted by Crippen LogP contribution is -2.47. The molecule has 1 aliphatic heterocycles. The Kier molecular flexibility index (Phi) is 5.64. The van der Waals surface area contributed by atoms with Crippen molar-refractivity contribution in [1.29, 1.82) is 0 Å². The van der Waals surface area contributed by atoms with Crippen LogP contribution in [0.5, 0.6) is 0 Å². The molecule has 1 aromatic rings. The van der Waals surface area contributed by atoms with Gasteiger partial charge in [-0.25, -0.2) is 4.98 Å². The van der Waals surface area contributed by atoms with Gasteiger partial charge in [-0.3, -0.25) is 4.90 Å². The molecule has 112 valence electrons. The van der Waals surface area contributed by atoms with E-state index >= 15 is 0 Å². The Morgan fingerprint density at radius 2 is 2.00 bits per heavy atom. The zero-order valence-electron chi connectivity index (χ0n) is 12.7. The third kappa shape index (κ3) is 4.08. The molecular formula is C15H25ClN4. The number of anilines is 1. The summed E-state index contributed by atoms with van der Waals surface area (Å²) in [6.07, 6.45) is 1.77. The number of hydrogen-bond donors (Lipinski definition) is 1. The molecule has 2 rings (SSSR count). The van der Waals surface area contributed by atoms with E-state index < -0.39 is 0 Å². The largest absolute Gasteiger partial charge is 0.354 e. The Balaban J connectivity index is 1.98. The Bertz CT molecular complexity index is 428. The summed E-state index contributed by atoms with van der Waals surface area (Å²) >= 11 is 6.17. The lowest BCUT2D eigenvalue weighted by atomic mass is 10.2. The first-order chi connectivity index (χ1) is 9.60. The van der Waals surface area contributed by atoms with Crippen LogP contribution in [0.25, 0.3) is 0 Å². The van der Waals surface area contributed by atoms with Crippen molar-refractivity contribution >= 4 is 17.4 Å². The van der Waals surface area contributed by atoms with Gasteiger partial charge in [-0.2, -0.15) is 0 Å². The average Bonchev–Trinajstić information content (AvgIpc) is 2.42. The molecule has 0 amide bonds. The van der Waals surface area contributed by atoms with Crippen molar-refractivity contribution in [3.8, 4) is 0 Å². The molecule has 0 spiro atoms. The maximum absolute atomic E-state index is 6.17. The monoisotopic (exact) mass is 296 g/mol. The molecule has 1 fully saturated rings. The molecule has 1 saturated heterocycles. The van der Waals surface area contributed by atoms with Crippen molar-refractivity contribution < 1.29 is 0 Å². The van der Waals surface area contributed by atoms with E-state index in [1.54, 1.807) is 6.20 Å². The Morgan fingerprint density at radius 1 is 1.30 bits per heavy atom. The summed E-state index contributed by atoms with van der Waals surface area (Å²) in [5.74, 6) is 1.78. The first kappa shape index (κ1) is 15.5. The fourth-order valence-corrected chi connectivity index (χ4v) is 2.81. The number of hydrogen-bond acceptors (Lipinski definition) is 4. The van der Waals surface area contributed by atoms with Crippen LogP contribution in [0.2, 0.25) is 5.02 Å². The van der Waals surface area contributed by atoms with Crippen LogP contribution in [0.3, 0.4) is 0 Å². The fraction of sp³-hybridized carbons (Fsp3) is 0.667. The van der Waals surface area contributed by atoms with E-state index in [0.717, 1.165) is 55.0 Å². The summed E-state index contributed by atoms with van der Waals surface area (Å²) in [7, 11) is 1.93.